The van der Waals surface area contributed by atoms with E-state index in [1.165, 1.54) is 7.11 Å². The average Bonchev–Trinajstić information content (AvgIpc) is 2.72. The second-order valence-electron chi connectivity index (χ2n) is 3.27. The Kier molecular flexibility index (Phi) is 4.83. The van der Waals surface area contributed by atoms with Gasteiger partial charge in [-0.25, -0.2) is 9.78 Å². The first-order valence-corrected chi connectivity index (χ1v) is 4.99. The molecule has 1 N–H and O–H groups in total. The molecule has 0 amide bonds. The van der Waals surface area contributed by atoms with Crippen LogP contribution in [0.5, 0.6) is 0 Å². The Balaban J connectivity index is 2.36. The molecule has 1 heterocycles. The summed E-state index contributed by atoms with van der Waals surface area (Å²) in [7, 11) is 1.34. The lowest BCUT2D eigenvalue weighted by molar-refractivity contribution is 0.0594. The van der Waals surface area contributed by atoms with Gasteiger partial charge in [0.1, 0.15) is 0 Å². The fraction of sp³-hybridized carbons (Fsp3) is 0.600. The quantitative estimate of drug-likeness (QED) is 0.560. The van der Waals surface area contributed by atoms with Crippen LogP contribution in [-0.4, -0.2) is 34.3 Å². The van der Waals surface area contributed by atoms with Crippen molar-refractivity contribution in [3.05, 3.63) is 18.2 Å². The fourth-order valence-corrected chi connectivity index (χ4v) is 1.28. The molecular formula is C10H16N2O3. The number of aromatic nitrogens is 2. The number of methoxy groups -OCH3 is 1. The molecule has 0 fully saturated rings. The van der Waals surface area contributed by atoms with Gasteiger partial charge in [-0.2, -0.15) is 0 Å². The summed E-state index contributed by atoms with van der Waals surface area (Å²) in [6.07, 6.45) is 6.05. The molecule has 1 aromatic rings. The van der Waals surface area contributed by atoms with Crippen LogP contribution in [0.2, 0.25) is 0 Å². The number of aliphatic hydroxyl groups excluding tert-OH is 1. The van der Waals surface area contributed by atoms with Gasteiger partial charge < -0.3 is 14.4 Å². The molecule has 0 saturated carbocycles. The van der Waals surface area contributed by atoms with Gasteiger partial charge in [0.2, 0.25) is 0 Å². The number of rotatable bonds is 6. The molecule has 1 aromatic heterocycles. The minimum atomic E-state index is -0.413. The molecule has 0 atom stereocenters. The first-order valence-electron chi connectivity index (χ1n) is 4.99. The smallest absolute Gasteiger partial charge is 0.358 e. The monoisotopic (exact) mass is 212 g/mol. The van der Waals surface area contributed by atoms with Crippen LogP contribution in [0.15, 0.2) is 12.5 Å². The number of unbranched alkanes of at least 4 members (excludes halogenated alkanes) is 2. The lowest BCUT2D eigenvalue weighted by atomic mass is 10.2. The van der Waals surface area contributed by atoms with Crippen molar-refractivity contribution in [2.75, 3.05) is 13.7 Å². The van der Waals surface area contributed by atoms with E-state index in [1.54, 1.807) is 12.5 Å². The lowest BCUT2D eigenvalue weighted by Crippen LogP contribution is -2.01. The number of hydrogen-bond donors (Lipinski definition) is 1. The highest BCUT2D eigenvalue weighted by atomic mass is 16.5. The van der Waals surface area contributed by atoms with Crippen molar-refractivity contribution in [2.45, 2.75) is 25.8 Å². The summed E-state index contributed by atoms with van der Waals surface area (Å²) in [5.41, 5.74) is 0.333. The highest BCUT2D eigenvalue weighted by Crippen LogP contribution is 2.02. The van der Waals surface area contributed by atoms with Crippen molar-refractivity contribution >= 4 is 5.97 Å². The lowest BCUT2D eigenvalue weighted by Gasteiger charge is -2.00. The third kappa shape index (κ3) is 3.71. The number of nitrogens with zero attached hydrogens (tertiary/aromatic N) is 2. The summed E-state index contributed by atoms with van der Waals surface area (Å²) >= 11 is 0. The van der Waals surface area contributed by atoms with Crippen molar-refractivity contribution in [2.24, 2.45) is 0 Å². The first kappa shape index (κ1) is 11.7. The summed E-state index contributed by atoms with van der Waals surface area (Å²) in [5, 5.41) is 8.59. The van der Waals surface area contributed by atoms with Crippen LogP contribution in [0.1, 0.15) is 29.8 Å². The van der Waals surface area contributed by atoms with Crippen LogP contribution in [-0.2, 0) is 11.3 Å². The number of hydrogen-bond acceptors (Lipinski definition) is 4. The van der Waals surface area contributed by atoms with E-state index in [0.717, 1.165) is 25.8 Å². The third-order valence-electron chi connectivity index (χ3n) is 2.10. The molecule has 0 aliphatic carbocycles. The minimum Gasteiger partial charge on any atom is -0.464 e. The number of esters is 1. The molecule has 15 heavy (non-hydrogen) atoms. The van der Waals surface area contributed by atoms with Gasteiger partial charge in [-0.1, -0.05) is 0 Å². The second kappa shape index (κ2) is 6.19. The van der Waals surface area contributed by atoms with Crippen LogP contribution in [0.4, 0.5) is 0 Å². The Morgan fingerprint density at radius 1 is 1.53 bits per heavy atom. The van der Waals surface area contributed by atoms with Crippen molar-refractivity contribution < 1.29 is 14.6 Å². The van der Waals surface area contributed by atoms with Crippen LogP contribution in [0.25, 0.3) is 0 Å². The van der Waals surface area contributed by atoms with Crippen molar-refractivity contribution in [1.29, 1.82) is 0 Å². The SMILES string of the molecule is COC(=O)c1cn(CCCCCO)cn1. The molecule has 0 aliphatic heterocycles. The Bertz CT molecular complexity index is 309. The molecule has 0 aromatic carbocycles. The van der Waals surface area contributed by atoms with Crippen molar-refractivity contribution in [1.82, 2.24) is 9.55 Å². The Morgan fingerprint density at radius 2 is 2.33 bits per heavy atom. The standard InChI is InChI=1S/C10H16N2O3/c1-15-10(14)9-7-12(8-11-9)5-3-2-4-6-13/h7-8,13H,2-6H2,1H3. The van der Waals surface area contributed by atoms with E-state index in [9.17, 15) is 4.79 Å². The van der Waals surface area contributed by atoms with E-state index < -0.39 is 5.97 Å². The first-order chi connectivity index (χ1) is 7.27. The largest absolute Gasteiger partial charge is 0.464 e. The molecule has 0 aliphatic rings. The molecule has 0 bridgehead atoms. The number of aryl methyl sites for hydroxylation is 1. The van der Waals surface area contributed by atoms with Crippen molar-refractivity contribution in [3.63, 3.8) is 0 Å². The van der Waals surface area contributed by atoms with Gasteiger partial charge in [-0.3, -0.25) is 0 Å². The van der Waals surface area contributed by atoms with Gasteiger partial charge in [0.15, 0.2) is 5.69 Å². The van der Waals surface area contributed by atoms with E-state index in [4.69, 9.17) is 5.11 Å². The molecule has 0 spiro atoms. The molecule has 84 valence electrons. The van der Waals surface area contributed by atoms with Crippen LogP contribution in [0, 0.1) is 0 Å². The average molecular weight is 212 g/mol. The molecule has 0 radical (unpaired) electrons. The van der Waals surface area contributed by atoms with E-state index >= 15 is 0 Å². The summed E-state index contributed by atoms with van der Waals surface area (Å²) < 4.78 is 6.40. The molecular weight excluding hydrogens is 196 g/mol. The summed E-state index contributed by atoms with van der Waals surface area (Å²) in [5.74, 6) is -0.413. The highest BCUT2D eigenvalue weighted by Gasteiger charge is 2.08. The molecule has 0 saturated heterocycles. The zero-order valence-electron chi connectivity index (χ0n) is 8.85. The summed E-state index contributed by atoms with van der Waals surface area (Å²) in [4.78, 5) is 15.0. The van der Waals surface area contributed by atoms with Crippen LogP contribution < -0.4 is 0 Å². The maximum atomic E-state index is 11.1. The molecule has 0 unspecified atom stereocenters. The predicted molar refractivity (Wildman–Crippen MR) is 54.5 cm³/mol. The maximum absolute atomic E-state index is 11.1. The minimum absolute atomic E-state index is 0.233. The van der Waals surface area contributed by atoms with Crippen molar-refractivity contribution in [3.8, 4) is 0 Å². The van der Waals surface area contributed by atoms with E-state index in [0.29, 0.717) is 5.69 Å². The van der Waals surface area contributed by atoms with E-state index in [-0.39, 0.29) is 6.61 Å². The summed E-state index contributed by atoms with van der Waals surface area (Å²) in [6, 6.07) is 0. The number of ether oxygens (including phenoxy) is 1. The zero-order chi connectivity index (χ0) is 11.1. The topological polar surface area (TPSA) is 64.3 Å². The van der Waals surface area contributed by atoms with Gasteiger partial charge in [-0.15, -0.1) is 0 Å². The number of carbonyl (C=O) groups is 1. The van der Waals surface area contributed by atoms with E-state index in [2.05, 4.69) is 9.72 Å². The number of carbonyl (C=O) groups excluding carboxylic acids is 1. The Morgan fingerprint density at radius 3 is 3.00 bits per heavy atom. The van der Waals surface area contributed by atoms with Gasteiger partial charge in [0.25, 0.3) is 0 Å². The summed E-state index contributed by atoms with van der Waals surface area (Å²) in [6.45, 7) is 1.04. The predicted octanol–water partition coefficient (Wildman–Crippen LogP) is 0.832. The fourth-order valence-electron chi connectivity index (χ4n) is 1.28. The highest BCUT2D eigenvalue weighted by molar-refractivity contribution is 5.86. The Labute approximate surface area is 88.7 Å². The normalized spacial score (nSPS) is 10.3. The van der Waals surface area contributed by atoms with Gasteiger partial charge in [0, 0.05) is 19.3 Å². The molecule has 1 rings (SSSR count). The molecule has 5 heteroatoms. The molecule has 5 nitrogen and oxygen atoms in total. The van der Waals surface area contributed by atoms with Gasteiger partial charge >= 0.3 is 5.97 Å². The third-order valence-corrected chi connectivity index (χ3v) is 2.10. The van der Waals surface area contributed by atoms with Gasteiger partial charge in [-0.05, 0) is 19.3 Å². The maximum Gasteiger partial charge on any atom is 0.358 e. The van der Waals surface area contributed by atoms with Crippen LogP contribution in [0.3, 0.4) is 0 Å². The van der Waals surface area contributed by atoms with Crippen LogP contribution >= 0.6 is 0 Å². The second-order valence-corrected chi connectivity index (χ2v) is 3.27. The van der Waals surface area contributed by atoms with Gasteiger partial charge in [0.05, 0.1) is 13.4 Å². The zero-order valence-corrected chi connectivity index (χ0v) is 8.85. The van der Waals surface area contributed by atoms with E-state index in [1.807, 2.05) is 4.57 Å². The Hall–Kier alpha value is -1.36. The number of imidazole rings is 1. The number of aliphatic hydroxyl groups is 1.